The number of aromatic hydroxyl groups is 1. The number of primary amides is 1. The smallest absolute Gasteiger partial charge is 0.255 e. The number of nitrogens with two attached hydrogens (primary N) is 1. The number of nitrogens with one attached hydrogen (secondary N) is 1. The number of aliphatic hydroxyl groups excluding tert-OH is 2. The first kappa shape index (κ1) is 27.1. The minimum absolute atomic E-state index is 0.00370. The molecule has 0 saturated heterocycles. The number of aliphatic hydroxyl groups is 3. The average molecular weight is 529 g/mol. The zero-order valence-electron chi connectivity index (χ0n) is 21.8. The van der Waals surface area contributed by atoms with Crippen LogP contribution in [-0.2, 0) is 20.8 Å². The largest absolute Gasteiger partial charge is 0.510 e. The molecule has 0 heterocycles. The number of allylic oxidation sites excluding steroid dienone is 1. The molecule has 0 fully saturated rings. The standard InChI is InChI=1S/C26H32N4O8/c1-10(31)9-28-14-8-15(29(2)3)12-6-11-7-13-19(30(4)5)22(34)18(25(27)37)24(36)26(13,38)23(35)16(11)21(33)17(12)20(14)32/h8,11,13,19,28,32,34-35,38H,6-7,9H2,1-5H3,(H2,27,37)/t11?,13?,19-,26-/m0/s1. The summed E-state index contributed by atoms with van der Waals surface area (Å²) in [5.41, 5.74) is 2.66. The molecule has 3 aliphatic carbocycles. The first-order valence-electron chi connectivity index (χ1n) is 12.1. The Kier molecular flexibility index (Phi) is 6.53. The van der Waals surface area contributed by atoms with Crippen molar-refractivity contribution in [2.24, 2.45) is 17.6 Å². The molecule has 0 bridgehead atoms. The third kappa shape index (κ3) is 3.74. The van der Waals surface area contributed by atoms with Gasteiger partial charge in [0.15, 0.2) is 11.4 Å². The van der Waals surface area contributed by atoms with E-state index in [0.717, 1.165) is 0 Å². The van der Waals surface area contributed by atoms with E-state index in [0.29, 0.717) is 11.3 Å². The monoisotopic (exact) mass is 528 g/mol. The van der Waals surface area contributed by atoms with Crippen molar-refractivity contribution in [1.29, 1.82) is 0 Å². The Morgan fingerprint density at radius 3 is 2.32 bits per heavy atom. The van der Waals surface area contributed by atoms with E-state index in [4.69, 9.17) is 5.73 Å². The van der Waals surface area contributed by atoms with Crippen LogP contribution in [0.4, 0.5) is 11.4 Å². The van der Waals surface area contributed by atoms with E-state index in [9.17, 15) is 39.6 Å². The van der Waals surface area contributed by atoms with E-state index < -0.39 is 63.8 Å². The zero-order valence-corrected chi connectivity index (χ0v) is 21.8. The number of ketones is 3. The van der Waals surface area contributed by atoms with Gasteiger partial charge in [-0.25, -0.2) is 0 Å². The lowest BCUT2D eigenvalue weighted by atomic mass is 9.58. The van der Waals surface area contributed by atoms with Crippen LogP contribution in [0.25, 0.3) is 0 Å². The molecule has 2 unspecified atom stereocenters. The van der Waals surface area contributed by atoms with Crippen LogP contribution in [0.15, 0.2) is 28.7 Å². The fraction of sp³-hybridized carbons (Fsp3) is 0.462. The SMILES string of the molecule is CC(=O)CNc1cc(N(C)C)c2c(c1O)C(=O)C1=C(O)[C@]3(O)C(=O)C(C(N)=O)=C(O)[C@@H](N(C)C)C3CC1C2. The molecule has 0 radical (unpaired) electrons. The van der Waals surface area contributed by atoms with Crippen molar-refractivity contribution in [3.63, 3.8) is 0 Å². The number of phenolic OH excluding ortho intramolecular Hbond substituents is 1. The van der Waals surface area contributed by atoms with Crippen LogP contribution in [0.5, 0.6) is 5.75 Å². The summed E-state index contributed by atoms with van der Waals surface area (Å²) in [4.78, 5) is 54.1. The average Bonchev–Trinajstić information content (AvgIpc) is 2.80. The summed E-state index contributed by atoms with van der Waals surface area (Å²) in [6, 6.07) is 0.568. The second-order valence-corrected chi connectivity index (χ2v) is 10.6. The quantitative estimate of drug-likeness (QED) is 0.218. The van der Waals surface area contributed by atoms with Crippen molar-refractivity contribution in [3.8, 4) is 5.75 Å². The molecule has 7 N–H and O–H groups in total. The Bertz CT molecular complexity index is 1340. The second kappa shape index (κ2) is 9.14. The van der Waals surface area contributed by atoms with Crippen molar-refractivity contribution in [1.82, 2.24) is 4.90 Å². The molecule has 12 nitrogen and oxygen atoms in total. The number of carbonyl (C=O) groups excluding carboxylic acids is 4. The molecular weight excluding hydrogens is 496 g/mol. The number of amides is 1. The van der Waals surface area contributed by atoms with Gasteiger partial charge in [0.05, 0.1) is 23.8 Å². The normalized spacial score (nSPS) is 26.7. The van der Waals surface area contributed by atoms with E-state index in [-0.39, 0.29) is 42.0 Å². The minimum Gasteiger partial charge on any atom is -0.510 e. The number of phenols is 1. The molecule has 38 heavy (non-hydrogen) atoms. The van der Waals surface area contributed by atoms with Gasteiger partial charge in [-0.15, -0.1) is 0 Å². The van der Waals surface area contributed by atoms with Gasteiger partial charge in [-0.3, -0.25) is 24.1 Å². The number of hydrogen-bond donors (Lipinski definition) is 6. The third-order valence-electron chi connectivity index (χ3n) is 7.71. The zero-order chi connectivity index (χ0) is 28.4. The molecule has 204 valence electrons. The number of nitrogens with zero attached hydrogens (tertiary/aromatic N) is 2. The third-order valence-corrected chi connectivity index (χ3v) is 7.71. The minimum atomic E-state index is -2.70. The van der Waals surface area contributed by atoms with Crippen molar-refractivity contribution in [3.05, 3.63) is 39.9 Å². The van der Waals surface area contributed by atoms with E-state index >= 15 is 0 Å². The van der Waals surface area contributed by atoms with Crippen LogP contribution < -0.4 is 16.0 Å². The van der Waals surface area contributed by atoms with Gasteiger partial charge in [0, 0.05) is 31.3 Å². The molecule has 4 atom stereocenters. The maximum Gasteiger partial charge on any atom is 0.255 e. The van der Waals surface area contributed by atoms with Crippen molar-refractivity contribution >= 4 is 34.6 Å². The number of anilines is 2. The fourth-order valence-electron chi connectivity index (χ4n) is 6.05. The van der Waals surface area contributed by atoms with Crippen LogP contribution >= 0.6 is 0 Å². The Morgan fingerprint density at radius 2 is 1.79 bits per heavy atom. The highest BCUT2D eigenvalue weighted by Gasteiger charge is 2.63. The van der Waals surface area contributed by atoms with Gasteiger partial charge < -0.3 is 36.4 Å². The molecule has 0 saturated carbocycles. The number of benzene rings is 1. The van der Waals surface area contributed by atoms with Crippen LogP contribution in [-0.4, -0.2) is 95.0 Å². The van der Waals surface area contributed by atoms with E-state index in [2.05, 4.69) is 5.32 Å². The van der Waals surface area contributed by atoms with Gasteiger partial charge in [0.1, 0.15) is 28.6 Å². The summed E-state index contributed by atoms with van der Waals surface area (Å²) in [5.74, 6) is -7.30. The highest BCUT2D eigenvalue weighted by Crippen LogP contribution is 2.53. The fourth-order valence-corrected chi connectivity index (χ4v) is 6.05. The second-order valence-electron chi connectivity index (χ2n) is 10.6. The maximum absolute atomic E-state index is 13.9. The molecule has 0 aliphatic heterocycles. The number of hydrogen-bond acceptors (Lipinski definition) is 11. The van der Waals surface area contributed by atoms with Gasteiger partial charge in [0.25, 0.3) is 5.91 Å². The Labute approximate surface area is 219 Å². The van der Waals surface area contributed by atoms with E-state index in [1.54, 1.807) is 39.2 Å². The lowest BCUT2D eigenvalue weighted by molar-refractivity contribution is -0.148. The molecule has 4 rings (SSSR count). The summed E-state index contributed by atoms with van der Waals surface area (Å²) in [7, 11) is 6.66. The molecule has 1 aromatic rings. The highest BCUT2D eigenvalue weighted by molar-refractivity contribution is 6.25. The van der Waals surface area contributed by atoms with Crippen molar-refractivity contribution in [2.45, 2.75) is 31.4 Å². The number of Topliss-reactive ketones (excluding diaryl/α,β-unsaturated/α-hetero) is 3. The summed E-state index contributed by atoms with van der Waals surface area (Å²) in [6.45, 7) is 1.26. The van der Waals surface area contributed by atoms with Gasteiger partial charge in [-0.2, -0.15) is 0 Å². The number of fused-ring (bicyclic) bond motifs is 3. The molecule has 0 spiro atoms. The molecule has 0 aromatic heterocycles. The summed E-state index contributed by atoms with van der Waals surface area (Å²) in [5, 5.41) is 47.8. The highest BCUT2D eigenvalue weighted by atomic mass is 16.3. The first-order valence-corrected chi connectivity index (χ1v) is 12.1. The number of rotatable bonds is 6. The summed E-state index contributed by atoms with van der Waals surface area (Å²) >= 11 is 0. The van der Waals surface area contributed by atoms with Crippen LogP contribution in [0.1, 0.15) is 29.3 Å². The first-order chi connectivity index (χ1) is 17.6. The topological polar surface area (TPSA) is 194 Å². The predicted molar refractivity (Wildman–Crippen MR) is 137 cm³/mol. The Balaban J connectivity index is 1.96. The van der Waals surface area contributed by atoms with Crippen LogP contribution in [0.2, 0.25) is 0 Å². The van der Waals surface area contributed by atoms with Crippen molar-refractivity contribution < 1.29 is 39.6 Å². The van der Waals surface area contributed by atoms with Gasteiger partial charge in [0.2, 0.25) is 5.78 Å². The summed E-state index contributed by atoms with van der Waals surface area (Å²) < 4.78 is 0. The molecule has 1 amide bonds. The molecular formula is C26H32N4O8. The lowest BCUT2D eigenvalue weighted by Gasteiger charge is -2.50. The van der Waals surface area contributed by atoms with Crippen molar-refractivity contribution in [2.75, 3.05) is 45.0 Å². The van der Waals surface area contributed by atoms with Gasteiger partial charge >= 0.3 is 0 Å². The Morgan fingerprint density at radius 1 is 1.16 bits per heavy atom. The Hall–Kier alpha value is -3.90. The number of carbonyl (C=O) groups is 4. The predicted octanol–water partition coefficient (Wildman–Crippen LogP) is 0.188. The maximum atomic E-state index is 13.9. The van der Waals surface area contributed by atoms with Crippen LogP contribution in [0.3, 0.4) is 0 Å². The number of likely N-dealkylation sites (N-methyl/N-ethyl adjacent to an activating group) is 1. The van der Waals surface area contributed by atoms with Crippen LogP contribution in [0, 0.1) is 11.8 Å². The van der Waals surface area contributed by atoms with Gasteiger partial charge in [-0.1, -0.05) is 0 Å². The van der Waals surface area contributed by atoms with E-state index in [1.807, 2.05) is 0 Å². The molecule has 1 aromatic carbocycles. The lowest BCUT2D eigenvalue weighted by Crippen LogP contribution is -2.63. The molecule has 3 aliphatic rings. The molecule has 12 heteroatoms. The van der Waals surface area contributed by atoms with Gasteiger partial charge in [-0.05, 0) is 51.4 Å². The summed E-state index contributed by atoms with van der Waals surface area (Å²) in [6.07, 6.45) is 0.173. The van der Waals surface area contributed by atoms with E-state index in [1.165, 1.54) is 11.8 Å².